The van der Waals surface area contributed by atoms with E-state index in [0.29, 0.717) is 30.3 Å². The van der Waals surface area contributed by atoms with Gasteiger partial charge in [-0.15, -0.1) is 0 Å². The Bertz CT molecular complexity index is 595. The summed E-state index contributed by atoms with van der Waals surface area (Å²) in [5, 5.41) is 14.2. The summed E-state index contributed by atoms with van der Waals surface area (Å²) >= 11 is 5.88. The van der Waals surface area contributed by atoms with Gasteiger partial charge in [-0.05, 0) is 57.5 Å². The van der Waals surface area contributed by atoms with E-state index in [2.05, 4.69) is 5.32 Å². The van der Waals surface area contributed by atoms with Gasteiger partial charge in [0.15, 0.2) is 0 Å². The quantitative estimate of drug-likeness (QED) is 0.855. The third-order valence-electron chi connectivity index (χ3n) is 5.40. The number of nitrogens with one attached hydrogen (secondary N) is 1. The van der Waals surface area contributed by atoms with Crippen molar-refractivity contribution in [1.29, 1.82) is 0 Å². The summed E-state index contributed by atoms with van der Waals surface area (Å²) in [5.41, 5.74) is -0.431. The molecule has 0 aliphatic carbocycles. The zero-order valence-electron chi connectivity index (χ0n) is 14.2. The van der Waals surface area contributed by atoms with Crippen molar-refractivity contribution >= 4 is 17.5 Å². The molecule has 2 aliphatic heterocycles. The number of piperidine rings is 1. The van der Waals surface area contributed by atoms with Gasteiger partial charge in [-0.25, -0.2) is 0 Å². The first-order valence-electron chi connectivity index (χ1n) is 8.44. The molecule has 2 aliphatic rings. The molecule has 2 atom stereocenters. The summed E-state index contributed by atoms with van der Waals surface area (Å²) in [6.45, 7) is 3.46. The number of nitrogens with zero attached hydrogens (tertiary/aromatic N) is 1. The predicted octanol–water partition coefficient (Wildman–Crippen LogP) is 2.07. The van der Waals surface area contributed by atoms with E-state index in [1.54, 1.807) is 31.2 Å². The lowest BCUT2D eigenvalue weighted by Crippen LogP contribution is -2.62. The maximum atomic E-state index is 12.6. The Morgan fingerprint density at radius 2 is 1.96 bits per heavy atom. The number of likely N-dealkylation sites (N-methyl/N-ethyl adjacent to an activating group) is 1. The maximum absolute atomic E-state index is 12.6. The Morgan fingerprint density at radius 3 is 2.54 bits per heavy atom. The average Bonchev–Trinajstić information content (AvgIpc) is 2.58. The average molecular weight is 353 g/mol. The van der Waals surface area contributed by atoms with Gasteiger partial charge in [-0.2, -0.15) is 0 Å². The zero-order chi connectivity index (χ0) is 17.4. The number of carbonyl (C=O) groups excluding carboxylic acids is 1. The first-order valence-corrected chi connectivity index (χ1v) is 8.81. The summed E-state index contributed by atoms with van der Waals surface area (Å²) < 4.78 is 6.06. The number of ether oxygens (including phenoxy) is 1. The number of halogens is 1. The molecule has 1 spiro atoms. The van der Waals surface area contributed by atoms with Crippen LogP contribution in [-0.2, 0) is 4.74 Å². The third-order valence-corrected chi connectivity index (χ3v) is 5.65. The Hall–Kier alpha value is -1.14. The third kappa shape index (κ3) is 3.45. The summed E-state index contributed by atoms with van der Waals surface area (Å²) in [7, 11) is 1.87. The molecule has 0 bridgehead atoms. The van der Waals surface area contributed by atoms with Crippen molar-refractivity contribution < 1.29 is 14.6 Å². The van der Waals surface area contributed by atoms with Crippen LogP contribution < -0.4 is 5.32 Å². The molecule has 1 aromatic carbocycles. The SMILES string of the molecule is CN[C@H]1CC2(CCN(C(=O)c3ccc(Cl)cc3)CC2)OC[C@]1(C)O. The molecular weight excluding hydrogens is 328 g/mol. The van der Waals surface area contributed by atoms with E-state index < -0.39 is 5.60 Å². The van der Waals surface area contributed by atoms with Gasteiger partial charge in [0.1, 0.15) is 5.60 Å². The Labute approximate surface area is 147 Å². The molecule has 2 saturated heterocycles. The Morgan fingerprint density at radius 1 is 1.33 bits per heavy atom. The van der Waals surface area contributed by atoms with Crippen molar-refractivity contribution in [2.45, 2.75) is 43.4 Å². The van der Waals surface area contributed by atoms with Crippen molar-refractivity contribution in [2.75, 3.05) is 26.7 Å². The molecule has 3 rings (SSSR count). The second kappa shape index (κ2) is 6.64. The van der Waals surface area contributed by atoms with Gasteiger partial charge >= 0.3 is 0 Å². The molecule has 24 heavy (non-hydrogen) atoms. The van der Waals surface area contributed by atoms with Crippen LogP contribution in [0.4, 0.5) is 0 Å². The van der Waals surface area contributed by atoms with Crippen molar-refractivity contribution in [3.05, 3.63) is 34.9 Å². The lowest BCUT2D eigenvalue weighted by Gasteiger charge is -2.50. The fraction of sp³-hybridized carbons (Fsp3) is 0.611. The minimum Gasteiger partial charge on any atom is -0.386 e. The molecule has 0 aromatic heterocycles. The van der Waals surface area contributed by atoms with Crippen LogP contribution in [0.5, 0.6) is 0 Å². The van der Waals surface area contributed by atoms with Gasteiger partial charge < -0.3 is 20.1 Å². The van der Waals surface area contributed by atoms with Gasteiger partial charge in [0.05, 0.1) is 12.2 Å². The van der Waals surface area contributed by atoms with E-state index in [-0.39, 0.29) is 17.6 Å². The lowest BCUT2D eigenvalue weighted by molar-refractivity contribution is -0.189. The summed E-state index contributed by atoms with van der Waals surface area (Å²) in [6.07, 6.45) is 2.35. The summed E-state index contributed by atoms with van der Waals surface area (Å²) in [6, 6.07) is 7.01. The second-order valence-electron chi connectivity index (χ2n) is 7.17. The topological polar surface area (TPSA) is 61.8 Å². The molecule has 2 fully saturated rings. The molecule has 0 saturated carbocycles. The molecule has 5 nitrogen and oxygen atoms in total. The Balaban J connectivity index is 1.63. The van der Waals surface area contributed by atoms with Crippen molar-refractivity contribution in [2.24, 2.45) is 0 Å². The van der Waals surface area contributed by atoms with Gasteiger partial charge in [0.25, 0.3) is 5.91 Å². The van der Waals surface area contributed by atoms with E-state index in [1.165, 1.54) is 0 Å². The monoisotopic (exact) mass is 352 g/mol. The number of hydrogen-bond acceptors (Lipinski definition) is 4. The van der Waals surface area contributed by atoms with E-state index in [4.69, 9.17) is 16.3 Å². The second-order valence-corrected chi connectivity index (χ2v) is 7.61. The summed E-state index contributed by atoms with van der Waals surface area (Å²) in [4.78, 5) is 14.5. The Kier molecular flexibility index (Phi) is 4.89. The minimum absolute atomic E-state index is 0.00441. The van der Waals surface area contributed by atoms with Crippen LogP contribution in [0.1, 0.15) is 36.5 Å². The van der Waals surface area contributed by atoms with E-state index in [9.17, 15) is 9.90 Å². The van der Waals surface area contributed by atoms with Gasteiger partial charge in [0.2, 0.25) is 0 Å². The normalized spacial score (nSPS) is 29.7. The highest BCUT2D eigenvalue weighted by molar-refractivity contribution is 6.30. The number of carbonyl (C=O) groups is 1. The molecule has 132 valence electrons. The van der Waals surface area contributed by atoms with Gasteiger partial charge in [0, 0.05) is 29.7 Å². The van der Waals surface area contributed by atoms with Crippen LogP contribution >= 0.6 is 11.6 Å². The molecule has 1 amide bonds. The molecule has 2 heterocycles. The van der Waals surface area contributed by atoms with Crippen molar-refractivity contribution in [3.63, 3.8) is 0 Å². The van der Waals surface area contributed by atoms with Gasteiger partial charge in [-0.3, -0.25) is 4.79 Å². The number of rotatable bonds is 2. The minimum atomic E-state index is -0.851. The fourth-order valence-corrected chi connectivity index (χ4v) is 3.83. The van der Waals surface area contributed by atoms with Crippen LogP contribution in [0, 0.1) is 0 Å². The van der Waals surface area contributed by atoms with Gasteiger partial charge in [-0.1, -0.05) is 11.6 Å². The zero-order valence-corrected chi connectivity index (χ0v) is 15.0. The molecule has 0 radical (unpaired) electrons. The highest BCUT2D eigenvalue weighted by Crippen LogP contribution is 2.38. The fourth-order valence-electron chi connectivity index (χ4n) is 3.70. The van der Waals surface area contributed by atoms with E-state index in [0.717, 1.165) is 19.3 Å². The number of likely N-dealkylation sites (tertiary alicyclic amines) is 1. The smallest absolute Gasteiger partial charge is 0.253 e. The maximum Gasteiger partial charge on any atom is 0.253 e. The highest BCUT2D eigenvalue weighted by atomic mass is 35.5. The predicted molar refractivity (Wildman–Crippen MR) is 93.4 cm³/mol. The van der Waals surface area contributed by atoms with E-state index >= 15 is 0 Å². The molecule has 1 aromatic rings. The van der Waals surface area contributed by atoms with Crippen LogP contribution in [0.25, 0.3) is 0 Å². The first kappa shape index (κ1) is 17.7. The van der Waals surface area contributed by atoms with Crippen LogP contribution in [-0.4, -0.2) is 59.9 Å². The van der Waals surface area contributed by atoms with E-state index in [1.807, 2.05) is 11.9 Å². The molecular formula is C18H25ClN2O3. The van der Waals surface area contributed by atoms with Crippen LogP contribution in [0.2, 0.25) is 5.02 Å². The highest BCUT2D eigenvalue weighted by Gasteiger charge is 2.48. The van der Waals surface area contributed by atoms with Crippen LogP contribution in [0.3, 0.4) is 0 Å². The molecule has 2 N–H and O–H groups in total. The van der Waals surface area contributed by atoms with Crippen molar-refractivity contribution in [3.8, 4) is 0 Å². The number of aliphatic hydroxyl groups is 1. The van der Waals surface area contributed by atoms with Crippen LogP contribution in [0.15, 0.2) is 24.3 Å². The number of benzene rings is 1. The lowest BCUT2D eigenvalue weighted by atomic mass is 9.77. The largest absolute Gasteiger partial charge is 0.386 e. The molecule has 6 heteroatoms. The number of amides is 1. The first-order chi connectivity index (χ1) is 11.4. The van der Waals surface area contributed by atoms with Crippen molar-refractivity contribution in [1.82, 2.24) is 10.2 Å². The number of hydrogen-bond donors (Lipinski definition) is 2. The standard InChI is InChI=1S/C18H25ClN2O3/c1-17(23)12-24-18(11-15(17)20-2)7-9-21(10-8-18)16(22)13-3-5-14(19)6-4-13/h3-6,15,20,23H,7-12H2,1-2H3/t15-,17-/m0/s1. The summed E-state index contributed by atoms with van der Waals surface area (Å²) in [5.74, 6) is 0.0366. The molecule has 0 unspecified atom stereocenters.